The molecule has 2 nitrogen and oxygen atoms in total. The van der Waals surface area contributed by atoms with Gasteiger partial charge in [-0.05, 0) is 25.8 Å². The molecule has 0 aromatic heterocycles. The van der Waals surface area contributed by atoms with Gasteiger partial charge >= 0.3 is 5.97 Å². The first-order valence-electron chi connectivity index (χ1n) is 5.70. The molecule has 0 saturated heterocycles. The topological polar surface area (TPSA) is 26.3 Å². The van der Waals surface area contributed by atoms with Crippen molar-refractivity contribution in [1.29, 1.82) is 0 Å². The van der Waals surface area contributed by atoms with Gasteiger partial charge in [0.25, 0.3) is 0 Å². The molecule has 84 valence electrons. The monoisotopic (exact) mass is 208 g/mol. The second-order valence-corrected chi connectivity index (χ2v) is 4.17. The van der Waals surface area contributed by atoms with Crippen LogP contribution in [0.1, 0.15) is 40.0 Å². The van der Waals surface area contributed by atoms with Crippen LogP contribution in [0.15, 0.2) is 24.3 Å². The van der Waals surface area contributed by atoms with Crippen molar-refractivity contribution in [2.75, 3.05) is 0 Å². The van der Waals surface area contributed by atoms with Gasteiger partial charge in [0.2, 0.25) is 0 Å². The Morgan fingerprint density at radius 3 is 2.73 bits per heavy atom. The molecule has 2 unspecified atom stereocenters. The Morgan fingerprint density at radius 2 is 2.13 bits per heavy atom. The van der Waals surface area contributed by atoms with Crippen molar-refractivity contribution in [3.63, 3.8) is 0 Å². The molecule has 0 aromatic carbocycles. The molecule has 2 heteroatoms. The Labute approximate surface area is 92.0 Å². The quantitative estimate of drug-likeness (QED) is 0.663. The fourth-order valence-corrected chi connectivity index (χ4v) is 1.91. The summed E-state index contributed by atoms with van der Waals surface area (Å²) >= 11 is 0. The standard InChI is InChI=1S/C13H20O2/c1-4-8-12(14)15-13(3)10-7-6-9-11(13)5-2/h6-7,9-11H,4-5,8H2,1-3H3. The van der Waals surface area contributed by atoms with E-state index in [2.05, 4.69) is 13.0 Å². The minimum atomic E-state index is -0.449. The fourth-order valence-electron chi connectivity index (χ4n) is 1.91. The third-order valence-electron chi connectivity index (χ3n) is 2.85. The van der Waals surface area contributed by atoms with E-state index in [1.54, 1.807) is 0 Å². The Hall–Kier alpha value is -1.05. The second-order valence-electron chi connectivity index (χ2n) is 4.17. The van der Waals surface area contributed by atoms with Gasteiger partial charge in [0.15, 0.2) is 0 Å². The molecule has 1 aliphatic rings. The predicted molar refractivity (Wildman–Crippen MR) is 61.5 cm³/mol. The number of ether oxygens (including phenoxy) is 1. The summed E-state index contributed by atoms with van der Waals surface area (Å²) in [6.45, 7) is 6.08. The van der Waals surface area contributed by atoms with E-state index >= 15 is 0 Å². The van der Waals surface area contributed by atoms with E-state index in [4.69, 9.17) is 4.74 Å². The highest BCUT2D eigenvalue weighted by atomic mass is 16.6. The van der Waals surface area contributed by atoms with Crippen molar-refractivity contribution in [1.82, 2.24) is 0 Å². The van der Waals surface area contributed by atoms with Crippen LogP contribution in [0.3, 0.4) is 0 Å². The Bertz CT molecular complexity index is 278. The van der Waals surface area contributed by atoms with Crippen molar-refractivity contribution in [3.05, 3.63) is 24.3 Å². The fraction of sp³-hybridized carbons (Fsp3) is 0.615. The summed E-state index contributed by atoms with van der Waals surface area (Å²) in [7, 11) is 0. The van der Waals surface area contributed by atoms with Crippen LogP contribution >= 0.6 is 0 Å². The summed E-state index contributed by atoms with van der Waals surface area (Å²) in [5.41, 5.74) is -0.449. The maximum Gasteiger partial charge on any atom is 0.306 e. The van der Waals surface area contributed by atoms with Gasteiger partial charge in [0.1, 0.15) is 5.60 Å². The minimum absolute atomic E-state index is 0.0987. The lowest BCUT2D eigenvalue weighted by Gasteiger charge is -2.34. The van der Waals surface area contributed by atoms with Crippen LogP contribution in [-0.4, -0.2) is 11.6 Å². The van der Waals surface area contributed by atoms with E-state index in [0.29, 0.717) is 12.3 Å². The average molecular weight is 208 g/mol. The summed E-state index contributed by atoms with van der Waals surface area (Å²) in [6.07, 6.45) is 10.4. The summed E-state index contributed by atoms with van der Waals surface area (Å²) < 4.78 is 5.55. The normalized spacial score (nSPS) is 29.1. The highest BCUT2D eigenvalue weighted by Gasteiger charge is 2.33. The summed E-state index contributed by atoms with van der Waals surface area (Å²) in [5, 5.41) is 0. The summed E-state index contributed by atoms with van der Waals surface area (Å²) in [6, 6.07) is 0. The molecule has 0 saturated carbocycles. The van der Waals surface area contributed by atoms with Crippen molar-refractivity contribution in [2.45, 2.75) is 45.6 Å². The SMILES string of the molecule is CCCC(=O)OC1(C)C=CC=CC1CC. The highest BCUT2D eigenvalue weighted by molar-refractivity contribution is 5.70. The van der Waals surface area contributed by atoms with Crippen LogP contribution in [0, 0.1) is 5.92 Å². The van der Waals surface area contributed by atoms with Gasteiger partial charge in [-0.25, -0.2) is 0 Å². The number of allylic oxidation sites excluding steroid dienone is 2. The third kappa shape index (κ3) is 2.95. The number of carbonyl (C=O) groups is 1. The molecular formula is C13H20O2. The zero-order valence-electron chi connectivity index (χ0n) is 9.82. The van der Waals surface area contributed by atoms with E-state index in [1.165, 1.54) is 0 Å². The molecule has 1 rings (SSSR count). The van der Waals surface area contributed by atoms with Gasteiger partial charge in [-0.2, -0.15) is 0 Å². The van der Waals surface area contributed by atoms with Crippen LogP contribution < -0.4 is 0 Å². The largest absolute Gasteiger partial charge is 0.454 e. The molecule has 0 radical (unpaired) electrons. The Morgan fingerprint density at radius 1 is 1.40 bits per heavy atom. The molecular weight excluding hydrogens is 188 g/mol. The highest BCUT2D eigenvalue weighted by Crippen LogP contribution is 2.31. The summed E-state index contributed by atoms with van der Waals surface area (Å²) in [4.78, 5) is 11.5. The first-order valence-corrected chi connectivity index (χ1v) is 5.70. The van der Waals surface area contributed by atoms with Crippen LogP contribution in [0.25, 0.3) is 0 Å². The zero-order valence-corrected chi connectivity index (χ0v) is 9.82. The number of hydrogen-bond donors (Lipinski definition) is 0. The molecule has 0 bridgehead atoms. The molecule has 0 aliphatic heterocycles. The first kappa shape index (κ1) is 12.0. The zero-order chi connectivity index (χ0) is 11.3. The van der Waals surface area contributed by atoms with Crippen LogP contribution in [0.2, 0.25) is 0 Å². The number of hydrogen-bond acceptors (Lipinski definition) is 2. The molecule has 0 fully saturated rings. The lowest BCUT2D eigenvalue weighted by atomic mass is 9.83. The maximum absolute atomic E-state index is 11.5. The van der Waals surface area contributed by atoms with Crippen molar-refractivity contribution in [2.24, 2.45) is 5.92 Å². The van der Waals surface area contributed by atoms with Gasteiger partial charge in [0, 0.05) is 12.3 Å². The number of carbonyl (C=O) groups excluding carboxylic acids is 1. The van der Waals surface area contributed by atoms with Gasteiger partial charge in [0.05, 0.1) is 0 Å². The molecule has 0 amide bonds. The second kappa shape index (κ2) is 5.15. The van der Waals surface area contributed by atoms with Crippen molar-refractivity contribution >= 4 is 5.97 Å². The van der Waals surface area contributed by atoms with Gasteiger partial charge in [-0.1, -0.05) is 32.1 Å². The maximum atomic E-state index is 11.5. The van der Waals surface area contributed by atoms with E-state index < -0.39 is 5.60 Å². The molecule has 0 aromatic rings. The average Bonchev–Trinajstić information content (AvgIpc) is 2.18. The summed E-state index contributed by atoms with van der Waals surface area (Å²) in [5.74, 6) is 0.196. The van der Waals surface area contributed by atoms with Crippen LogP contribution in [-0.2, 0) is 9.53 Å². The molecule has 1 aliphatic carbocycles. The molecule has 0 heterocycles. The van der Waals surface area contributed by atoms with Gasteiger partial charge < -0.3 is 4.74 Å². The Balaban J connectivity index is 2.67. The van der Waals surface area contributed by atoms with Crippen molar-refractivity contribution < 1.29 is 9.53 Å². The predicted octanol–water partition coefficient (Wildman–Crippen LogP) is 3.24. The number of esters is 1. The van der Waals surface area contributed by atoms with Crippen LogP contribution in [0.4, 0.5) is 0 Å². The van der Waals surface area contributed by atoms with Crippen LogP contribution in [0.5, 0.6) is 0 Å². The van der Waals surface area contributed by atoms with Gasteiger partial charge in [-0.15, -0.1) is 0 Å². The molecule has 0 spiro atoms. The van der Waals surface area contributed by atoms with E-state index in [9.17, 15) is 4.79 Å². The van der Waals surface area contributed by atoms with E-state index in [-0.39, 0.29) is 5.97 Å². The smallest absolute Gasteiger partial charge is 0.306 e. The number of rotatable bonds is 4. The molecule has 2 atom stereocenters. The van der Waals surface area contributed by atoms with E-state index in [0.717, 1.165) is 12.8 Å². The third-order valence-corrected chi connectivity index (χ3v) is 2.85. The van der Waals surface area contributed by atoms with E-state index in [1.807, 2.05) is 32.1 Å². The Kier molecular flexibility index (Phi) is 4.13. The minimum Gasteiger partial charge on any atom is -0.454 e. The molecule has 0 N–H and O–H groups in total. The lowest BCUT2D eigenvalue weighted by molar-refractivity contribution is -0.157. The lowest BCUT2D eigenvalue weighted by Crippen LogP contribution is -2.37. The van der Waals surface area contributed by atoms with Crippen molar-refractivity contribution in [3.8, 4) is 0 Å². The van der Waals surface area contributed by atoms with Gasteiger partial charge in [-0.3, -0.25) is 4.79 Å². The molecule has 15 heavy (non-hydrogen) atoms. The first-order chi connectivity index (χ1) is 7.12.